The molecule has 4 aromatic rings. The van der Waals surface area contributed by atoms with Gasteiger partial charge in [-0.05, 0) is 0 Å². The van der Waals surface area contributed by atoms with Crippen molar-refractivity contribution in [3.63, 3.8) is 0 Å². The first-order chi connectivity index (χ1) is 20.3. The summed E-state index contributed by atoms with van der Waals surface area (Å²) < 4.78 is 1.45. The van der Waals surface area contributed by atoms with Crippen LogP contribution in [-0.2, 0) is 24.3 Å². The van der Waals surface area contributed by atoms with Gasteiger partial charge >= 0.3 is 278 Å². The molecule has 4 aromatic carbocycles. The molecule has 0 radical (unpaired) electrons. The average Bonchev–Trinajstić information content (AvgIpc) is 3.54. The Kier molecular flexibility index (Phi) is 8.49. The van der Waals surface area contributed by atoms with Crippen LogP contribution in [0.25, 0.3) is 28.3 Å². The maximum absolute atomic E-state index is 7.91. The molecule has 0 saturated heterocycles. The Morgan fingerprint density at radius 3 is 2.02 bits per heavy atom. The fourth-order valence-corrected chi connectivity index (χ4v) is 26.7. The molecule has 222 valence electrons. The van der Waals surface area contributed by atoms with Crippen LogP contribution in [0.2, 0.25) is 39.3 Å². The first-order valence-electron chi connectivity index (χ1n) is 15.9. The van der Waals surface area contributed by atoms with Gasteiger partial charge in [-0.15, -0.1) is 0 Å². The Labute approximate surface area is 275 Å². The Balaban J connectivity index is 1.55. The molecule has 2 aliphatic rings. The SMILES string of the molecule is CCC1=Cc2c(ccc(CC)c2-c2cc([Si](C)(C)C)cc([Si](C)(C)C)c2)[CH]1[Zr]([Cl])([Cl])[c]1cccc2c1[SiH2]c1ccccc1-2. The topological polar surface area (TPSA) is 0 Å². The minimum atomic E-state index is -3.98. The van der Waals surface area contributed by atoms with E-state index >= 15 is 0 Å². The first kappa shape index (κ1) is 31.7. The molecule has 43 heavy (non-hydrogen) atoms. The zero-order valence-electron chi connectivity index (χ0n) is 27.0. The molecule has 0 spiro atoms. The number of allylic oxidation sites excluding steroid dienone is 1. The van der Waals surface area contributed by atoms with E-state index in [4.69, 9.17) is 17.0 Å². The standard InChI is InChI=1S/C25H35Si2.C12H9Si.2ClH.Zr/c1-9-18-13-20-12-11-19(10-2)25(24(20)14-18)21-15-22(26(3,4)5)17-23(16-21)27(6,7)8;1-3-7-11-9(5-1)10-6-2-4-8-12(10)13-11;;;/h11-17H,9-10H2,1-8H3;1-7H,13H2;2*1H;/q;;;;+2/p-2. The van der Waals surface area contributed by atoms with Crippen molar-refractivity contribution in [2.24, 2.45) is 0 Å². The van der Waals surface area contributed by atoms with E-state index in [1.807, 2.05) is 0 Å². The Morgan fingerprint density at radius 1 is 0.744 bits per heavy atom. The third-order valence-corrected chi connectivity index (χ3v) is 28.1. The van der Waals surface area contributed by atoms with Crippen LogP contribution in [-0.4, -0.2) is 25.7 Å². The number of halogens is 2. The van der Waals surface area contributed by atoms with E-state index in [2.05, 4.69) is 132 Å². The second kappa shape index (κ2) is 11.5. The molecule has 0 N–H and O–H groups in total. The maximum atomic E-state index is 7.91. The van der Waals surface area contributed by atoms with Crippen molar-refractivity contribution in [3.05, 3.63) is 95.1 Å². The first-order valence-corrected chi connectivity index (χ1v) is 33.3. The molecule has 6 heteroatoms. The van der Waals surface area contributed by atoms with Crippen LogP contribution in [0.5, 0.6) is 0 Å². The second-order valence-corrected chi connectivity index (χ2v) is 40.5. The van der Waals surface area contributed by atoms with Gasteiger partial charge in [-0.3, -0.25) is 0 Å². The summed E-state index contributed by atoms with van der Waals surface area (Å²) >= 11 is -3.98. The number of aryl methyl sites for hydroxylation is 1. The van der Waals surface area contributed by atoms with Crippen molar-refractivity contribution in [2.75, 3.05) is 0 Å². The van der Waals surface area contributed by atoms with Gasteiger partial charge in [0.2, 0.25) is 0 Å². The van der Waals surface area contributed by atoms with E-state index in [1.54, 1.807) is 10.4 Å². The van der Waals surface area contributed by atoms with Gasteiger partial charge in [0.05, 0.1) is 0 Å². The van der Waals surface area contributed by atoms with Crippen molar-refractivity contribution < 1.29 is 17.9 Å². The monoisotopic (exact) mass is 732 g/mol. The summed E-state index contributed by atoms with van der Waals surface area (Å²) in [7, 11) is 12.1. The van der Waals surface area contributed by atoms with Gasteiger partial charge in [0.1, 0.15) is 0 Å². The number of hydrogen-bond acceptors (Lipinski definition) is 0. The molecular weight excluding hydrogens is 691 g/mol. The van der Waals surface area contributed by atoms with Crippen molar-refractivity contribution in [3.8, 4) is 22.3 Å². The summed E-state index contributed by atoms with van der Waals surface area (Å²) in [6, 6.07) is 28.1. The molecule has 0 bridgehead atoms. The molecule has 0 aromatic heterocycles. The summed E-state index contributed by atoms with van der Waals surface area (Å²) in [5.41, 5.74) is 11.2. The predicted molar refractivity (Wildman–Crippen MR) is 199 cm³/mol. The van der Waals surface area contributed by atoms with Crippen molar-refractivity contribution >= 4 is 72.8 Å². The fourth-order valence-electron chi connectivity index (χ4n) is 7.19. The summed E-state index contributed by atoms with van der Waals surface area (Å²) in [5.74, 6) is 0. The van der Waals surface area contributed by atoms with Gasteiger partial charge in [-0.2, -0.15) is 0 Å². The summed E-state index contributed by atoms with van der Waals surface area (Å²) in [6.07, 6.45) is 4.48. The number of rotatable bonds is 7. The van der Waals surface area contributed by atoms with E-state index in [-0.39, 0.29) is 3.63 Å². The van der Waals surface area contributed by atoms with E-state index in [9.17, 15) is 0 Å². The molecule has 0 fully saturated rings. The van der Waals surface area contributed by atoms with Crippen molar-refractivity contribution in [2.45, 2.75) is 69.6 Å². The van der Waals surface area contributed by atoms with Crippen LogP contribution >= 0.6 is 17.0 Å². The van der Waals surface area contributed by atoms with E-state index in [0.29, 0.717) is 0 Å². The van der Waals surface area contributed by atoms with Crippen LogP contribution in [0.1, 0.15) is 40.6 Å². The molecule has 0 nitrogen and oxygen atoms in total. The molecule has 0 saturated carbocycles. The van der Waals surface area contributed by atoms with Crippen LogP contribution in [0, 0.1) is 0 Å². The van der Waals surface area contributed by atoms with Crippen LogP contribution < -0.4 is 24.0 Å². The average molecular weight is 735 g/mol. The van der Waals surface area contributed by atoms with E-state index in [1.165, 1.54) is 58.2 Å². The van der Waals surface area contributed by atoms with Gasteiger partial charge in [-0.1, -0.05) is 0 Å². The summed E-state index contributed by atoms with van der Waals surface area (Å²) in [4.78, 5) is 0. The predicted octanol–water partition coefficient (Wildman–Crippen LogP) is 7.74. The zero-order valence-corrected chi connectivity index (χ0v) is 34.3. The Bertz CT molecular complexity index is 1740. The second-order valence-electron chi connectivity index (χ2n) is 14.5. The van der Waals surface area contributed by atoms with Crippen molar-refractivity contribution in [1.29, 1.82) is 0 Å². The molecular formula is C37H44Cl2Si3Zr. The molecule has 6 rings (SSSR count). The third-order valence-electron chi connectivity index (χ3n) is 9.69. The zero-order chi connectivity index (χ0) is 30.9. The molecule has 1 heterocycles. The van der Waals surface area contributed by atoms with Gasteiger partial charge < -0.3 is 0 Å². The van der Waals surface area contributed by atoms with Crippen LogP contribution in [0.4, 0.5) is 0 Å². The number of benzene rings is 4. The molecule has 0 amide bonds. The molecule has 1 unspecified atom stereocenters. The van der Waals surface area contributed by atoms with Crippen molar-refractivity contribution in [1.82, 2.24) is 0 Å². The molecule has 1 aliphatic heterocycles. The summed E-state index contributed by atoms with van der Waals surface area (Å²) in [5, 5.41) is 6.14. The minimum absolute atomic E-state index is 0.128. The number of fused-ring (bicyclic) bond motifs is 4. The quantitative estimate of drug-likeness (QED) is 0.150. The fraction of sp³-hybridized carbons (Fsp3) is 0.297. The summed E-state index contributed by atoms with van der Waals surface area (Å²) in [6.45, 7) is 19.4. The van der Waals surface area contributed by atoms with Gasteiger partial charge in [0.25, 0.3) is 0 Å². The van der Waals surface area contributed by atoms with Gasteiger partial charge in [0.15, 0.2) is 0 Å². The van der Waals surface area contributed by atoms with Crippen LogP contribution in [0.15, 0.2) is 78.4 Å². The third kappa shape index (κ3) is 5.57. The van der Waals surface area contributed by atoms with E-state index in [0.717, 1.165) is 12.8 Å². The number of hydrogen-bond donors (Lipinski definition) is 0. The van der Waals surface area contributed by atoms with Gasteiger partial charge in [0, 0.05) is 0 Å². The molecule has 1 aliphatic carbocycles. The van der Waals surface area contributed by atoms with E-state index < -0.39 is 43.5 Å². The Hall–Kier alpha value is -1.27. The van der Waals surface area contributed by atoms with Gasteiger partial charge in [-0.25, -0.2) is 0 Å². The molecule has 1 atom stereocenters. The normalized spacial score (nSPS) is 16.7. The Morgan fingerprint density at radius 2 is 1.40 bits per heavy atom. The van der Waals surface area contributed by atoms with Crippen LogP contribution in [0.3, 0.4) is 0 Å².